The summed E-state index contributed by atoms with van der Waals surface area (Å²) < 4.78 is 42.3. The van der Waals surface area contributed by atoms with E-state index in [4.69, 9.17) is 4.74 Å². The van der Waals surface area contributed by atoms with Crippen molar-refractivity contribution < 1.29 is 27.8 Å². The average Bonchev–Trinajstić information content (AvgIpc) is 3.42. The Morgan fingerprint density at radius 1 is 1.36 bits per heavy atom. The van der Waals surface area contributed by atoms with Gasteiger partial charge in [0.05, 0.1) is 12.1 Å². The lowest BCUT2D eigenvalue weighted by atomic mass is 9.93. The highest BCUT2D eigenvalue weighted by molar-refractivity contribution is 5.93. The fraction of sp³-hybridized carbons (Fsp3) is 0.647. The number of hydrogen-bond donors (Lipinski definition) is 2. The Labute approximate surface area is 144 Å². The maximum atomic E-state index is 12.5. The molecule has 0 aliphatic heterocycles. The van der Waals surface area contributed by atoms with Gasteiger partial charge < -0.3 is 15.2 Å². The summed E-state index contributed by atoms with van der Waals surface area (Å²) in [4.78, 5) is 16.5. The molecular formula is C17H23F3N2O3. The first kappa shape index (κ1) is 19.5. The highest BCUT2D eigenvalue weighted by atomic mass is 19.4. The maximum absolute atomic E-state index is 12.5. The molecule has 1 aliphatic carbocycles. The van der Waals surface area contributed by atoms with Gasteiger partial charge in [0.15, 0.2) is 6.61 Å². The lowest BCUT2D eigenvalue weighted by molar-refractivity contribution is -0.153. The Bertz CT molecular complexity index is 603. The van der Waals surface area contributed by atoms with Gasteiger partial charge >= 0.3 is 6.18 Å². The summed E-state index contributed by atoms with van der Waals surface area (Å²) in [5.41, 5.74) is -0.206. The van der Waals surface area contributed by atoms with Crippen LogP contribution in [0.2, 0.25) is 0 Å². The smallest absolute Gasteiger partial charge is 0.422 e. The van der Waals surface area contributed by atoms with Gasteiger partial charge in [0.25, 0.3) is 5.91 Å². The van der Waals surface area contributed by atoms with Gasteiger partial charge in [-0.3, -0.25) is 9.78 Å². The third kappa shape index (κ3) is 5.07. The number of carbonyl (C=O) groups is 1. The largest absolute Gasteiger partial charge is 0.484 e. The number of pyridine rings is 1. The molecule has 25 heavy (non-hydrogen) atoms. The van der Waals surface area contributed by atoms with Gasteiger partial charge in [0.2, 0.25) is 0 Å². The molecule has 0 aromatic carbocycles. The van der Waals surface area contributed by atoms with Crippen molar-refractivity contribution in [1.82, 2.24) is 10.3 Å². The van der Waals surface area contributed by atoms with Crippen molar-refractivity contribution in [2.75, 3.05) is 13.2 Å². The van der Waals surface area contributed by atoms with Crippen molar-refractivity contribution in [1.29, 1.82) is 0 Å². The number of alkyl halides is 3. The van der Waals surface area contributed by atoms with E-state index in [1.807, 2.05) is 13.8 Å². The van der Waals surface area contributed by atoms with Gasteiger partial charge in [-0.15, -0.1) is 0 Å². The summed E-state index contributed by atoms with van der Waals surface area (Å²) >= 11 is 0. The Morgan fingerprint density at radius 2 is 2.00 bits per heavy atom. The van der Waals surface area contributed by atoms with Crippen LogP contribution < -0.4 is 10.1 Å². The van der Waals surface area contributed by atoms with E-state index in [1.165, 1.54) is 12.3 Å². The average molecular weight is 360 g/mol. The number of rotatable bonds is 8. The van der Waals surface area contributed by atoms with E-state index < -0.39 is 24.2 Å². The molecule has 2 N–H and O–H groups in total. The second kappa shape index (κ2) is 7.59. The molecule has 0 spiro atoms. The van der Waals surface area contributed by atoms with Crippen LogP contribution in [0.25, 0.3) is 0 Å². The molecule has 0 radical (unpaired) electrons. The Morgan fingerprint density at radius 3 is 2.48 bits per heavy atom. The van der Waals surface area contributed by atoms with Crippen LogP contribution in [0.1, 0.15) is 61.5 Å². The van der Waals surface area contributed by atoms with Gasteiger partial charge in [-0.05, 0) is 31.6 Å². The van der Waals surface area contributed by atoms with Crippen LogP contribution in [0.4, 0.5) is 13.2 Å². The molecule has 8 heteroatoms. The van der Waals surface area contributed by atoms with E-state index in [9.17, 15) is 23.1 Å². The summed E-state index contributed by atoms with van der Waals surface area (Å²) in [7, 11) is 0. The Kier molecular flexibility index (Phi) is 5.92. The second-order valence-corrected chi connectivity index (χ2v) is 6.39. The summed E-state index contributed by atoms with van der Waals surface area (Å²) in [5.74, 6) is -0.366. The van der Waals surface area contributed by atoms with Crippen molar-refractivity contribution in [2.24, 2.45) is 0 Å². The number of amides is 1. The predicted octanol–water partition coefficient (Wildman–Crippen LogP) is 3.18. The molecule has 140 valence electrons. The molecule has 0 atom stereocenters. The molecule has 1 amide bonds. The van der Waals surface area contributed by atoms with E-state index >= 15 is 0 Å². The molecular weight excluding hydrogens is 337 g/mol. The van der Waals surface area contributed by atoms with Crippen molar-refractivity contribution in [2.45, 2.75) is 57.2 Å². The van der Waals surface area contributed by atoms with Crippen molar-refractivity contribution >= 4 is 5.91 Å². The normalized spacial score (nSPS) is 15.1. The van der Waals surface area contributed by atoms with Crippen LogP contribution in [-0.2, 0) is 0 Å². The maximum Gasteiger partial charge on any atom is 0.422 e. The van der Waals surface area contributed by atoms with Crippen LogP contribution in [0.3, 0.4) is 0 Å². The third-order valence-electron chi connectivity index (χ3n) is 4.57. The highest BCUT2D eigenvalue weighted by Crippen LogP contribution is 2.44. The van der Waals surface area contributed by atoms with Gasteiger partial charge in [0, 0.05) is 17.8 Å². The first-order valence-corrected chi connectivity index (χ1v) is 8.36. The molecule has 5 nitrogen and oxygen atoms in total. The van der Waals surface area contributed by atoms with Gasteiger partial charge in [0.1, 0.15) is 11.4 Å². The minimum atomic E-state index is -4.46. The molecule has 1 aromatic rings. The third-order valence-corrected chi connectivity index (χ3v) is 4.57. The first-order valence-electron chi connectivity index (χ1n) is 8.36. The molecule has 1 aliphatic rings. The summed E-state index contributed by atoms with van der Waals surface area (Å²) in [6.45, 7) is 2.02. The van der Waals surface area contributed by atoms with Crippen LogP contribution in [-0.4, -0.2) is 40.9 Å². The first-order chi connectivity index (χ1) is 11.7. The van der Waals surface area contributed by atoms with Crippen LogP contribution in [0.5, 0.6) is 5.75 Å². The van der Waals surface area contributed by atoms with Crippen molar-refractivity contribution in [3.63, 3.8) is 0 Å². The number of aromatic nitrogens is 1. The van der Waals surface area contributed by atoms with Crippen LogP contribution >= 0.6 is 0 Å². The van der Waals surface area contributed by atoms with Crippen LogP contribution in [0, 0.1) is 0 Å². The molecule has 0 saturated heterocycles. The molecule has 0 bridgehead atoms. The molecule has 2 rings (SSSR count). The fourth-order valence-electron chi connectivity index (χ4n) is 2.55. The summed E-state index contributed by atoms with van der Waals surface area (Å²) in [6.07, 6.45) is -0.268. The van der Waals surface area contributed by atoms with E-state index in [-0.39, 0.29) is 24.0 Å². The zero-order valence-electron chi connectivity index (χ0n) is 14.3. The Balaban J connectivity index is 2.22. The lowest BCUT2D eigenvalue weighted by Gasteiger charge is -2.30. The van der Waals surface area contributed by atoms with Gasteiger partial charge in [-0.2, -0.15) is 13.2 Å². The number of aliphatic hydroxyl groups excluding tert-OH is 1. The number of halogens is 3. The van der Waals surface area contributed by atoms with Crippen LogP contribution in [0.15, 0.2) is 12.3 Å². The fourth-order valence-corrected chi connectivity index (χ4v) is 2.55. The number of nitrogens with zero attached hydrogens (tertiary/aromatic N) is 1. The second-order valence-electron chi connectivity index (χ2n) is 6.39. The zero-order chi connectivity index (χ0) is 18.7. The predicted molar refractivity (Wildman–Crippen MR) is 85.6 cm³/mol. The van der Waals surface area contributed by atoms with Gasteiger partial charge in [-0.1, -0.05) is 13.8 Å². The topological polar surface area (TPSA) is 71.5 Å². The van der Waals surface area contributed by atoms with E-state index in [1.54, 1.807) is 0 Å². The molecule has 1 aromatic heterocycles. The van der Waals surface area contributed by atoms with Gasteiger partial charge in [-0.25, -0.2) is 0 Å². The monoisotopic (exact) mass is 360 g/mol. The van der Waals surface area contributed by atoms with E-state index in [2.05, 4.69) is 10.3 Å². The quantitative estimate of drug-likeness (QED) is 0.747. The standard InChI is InChI=1S/C17H23F3N2O3/c1-3-16(4-2,9-23)22-15(24)13-7-14(25-10-17(18,19)20)12(8-21-13)11-5-6-11/h7-8,11,23H,3-6,9-10H2,1-2H3,(H,22,24). The number of aliphatic hydroxyl groups is 1. The van der Waals surface area contributed by atoms with E-state index in [0.29, 0.717) is 18.4 Å². The zero-order valence-corrected chi connectivity index (χ0v) is 14.3. The minimum Gasteiger partial charge on any atom is -0.484 e. The summed E-state index contributed by atoms with van der Waals surface area (Å²) in [6, 6.07) is 1.25. The van der Waals surface area contributed by atoms with E-state index in [0.717, 1.165) is 12.8 Å². The Hall–Kier alpha value is -1.83. The molecule has 1 fully saturated rings. The molecule has 1 heterocycles. The number of ether oxygens (including phenoxy) is 1. The molecule has 0 unspecified atom stereocenters. The summed E-state index contributed by atoms with van der Waals surface area (Å²) in [5, 5.41) is 12.3. The minimum absolute atomic E-state index is 0.0266. The highest BCUT2D eigenvalue weighted by Gasteiger charge is 2.33. The lowest BCUT2D eigenvalue weighted by Crippen LogP contribution is -2.50. The molecule has 1 saturated carbocycles. The van der Waals surface area contributed by atoms with Crippen molar-refractivity contribution in [3.8, 4) is 5.75 Å². The number of hydrogen-bond acceptors (Lipinski definition) is 4. The SMILES string of the molecule is CCC(CC)(CO)NC(=O)c1cc(OCC(F)(F)F)c(C2CC2)cn1. The number of carbonyl (C=O) groups excluding carboxylic acids is 1. The number of nitrogens with one attached hydrogen (secondary N) is 1. The van der Waals surface area contributed by atoms with Crippen molar-refractivity contribution in [3.05, 3.63) is 23.5 Å².